The van der Waals surface area contributed by atoms with Crippen LogP contribution in [0.3, 0.4) is 0 Å². The molecule has 0 saturated carbocycles. The van der Waals surface area contributed by atoms with Crippen molar-refractivity contribution in [2.45, 2.75) is 25.2 Å². The molecule has 2 heterocycles. The summed E-state index contributed by atoms with van der Waals surface area (Å²) in [4.78, 5) is 30.8. The van der Waals surface area contributed by atoms with Crippen molar-refractivity contribution in [3.63, 3.8) is 0 Å². The Morgan fingerprint density at radius 3 is 2.75 bits per heavy atom. The molecule has 2 aliphatic heterocycles. The summed E-state index contributed by atoms with van der Waals surface area (Å²) >= 11 is 0. The van der Waals surface area contributed by atoms with Gasteiger partial charge in [-0.1, -0.05) is 0 Å². The summed E-state index contributed by atoms with van der Waals surface area (Å²) < 4.78 is 0. The molecule has 0 aromatic carbocycles. The first kappa shape index (κ1) is 14.5. The van der Waals surface area contributed by atoms with Crippen LogP contribution in [0.1, 0.15) is 6.92 Å². The standard InChI is InChI=1S/C11H19N5O4/c1-6(18)5-16-7-8(13-10(16)12-3-4-17)15(2)11(20)14-9(7)19/h6-8,17-18H,3-5H2,1-2H3,(H,12,13)(H,14,19,20). The van der Waals surface area contributed by atoms with Gasteiger partial charge < -0.3 is 25.3 Å². The number of nitrogens with one attached hydrogen (secondary N) is 2. The fraction of sp³-hybridized carbons (Fsp3) is 0.727. The van der Waals surface area contributed by atoms with Gasteiger partial charge in [-0.25, -0.2) is 4.79 Å². The normalized spacial score (nSPS) is 29.3. The molecule has 3 unspecified atom stereocenters. The number of amides is 3. The molecule has 4 N–H and O–H groups in total. The van der Waals surface area contributed by atoms with Gasteiger partial charge in [0.25, 0.3) is 5.91 Å². The Labute approximate surface area is 116 Å². The molecule has 3 atom stereocenters. The lowest BCUT2D eigenvalue weighted by molar-refractivity contribution is -0.127. The van der Waals surface area contributed by atoms with Crippen molar-refractivity contribution in [3.8, 4) is 0 Å². The van der Waals surface area contributed by atoms with Crippen LogP contribution >= 0.6 is 0 Å². The van der Waals surface area contributed by atoms with Crippen molar-refractivity contribution in [1.29, 1.82) is 0 Å². The number of aliphatic hydroxyl groups is 2. The predicted molar refractivity (Wildman–Crippen MR) is 69.8 cm³/mol. The number of rotatable bonds is 4. The third-order valence-corrected chi connectivity index (χ3v) is 3.24. The maximum Gasteiger partial charge on any atom is 0.325 e. The highest BCUT2D eigenvalue weighted by Gasteiger charge is 2.49. The smallest absolute Gasteiger partial charge is 0.325 e. The Hall–Kier alpha value is -1.87. The van der Waals surface area contributed by atoms with E-state index >= 15 is 0 Å². The zero-order chi connectivity index (χ0) is 14.9. The number of urea groups is 1. The number of fused-ring (bicyclic) bond motifs is 1. The quantitative estimate of drug-likeness (QED) is 0.453. The average Bonchev–Trinajstić information content (AvgIpc) is 2.72. The molecule has 3 amide bonds. The van der Waals surface area contributed by atoms with Crippen molar-refractivity contribution in [2.24, 2.45) is 4.99 Å². The van der Waals surface area contributed by atoms with Crippen LogP contribution in [0.15, 0.2) is 4.99 Å². The van der Waals surface area contributed by atoms with Crippen LogP contribution in [0.2, 0.25) is 0 Å². The van der Waals surface area contributed by atoms with E-state index in [9.17, 15) is 14.7 Å². The van der Waals surface area contributed by atoms with Gasteiger partial charge in [0, 0.05) is 13.6 Å². The Morgan fingerprint density at radius 1 is 1.45 bits per heavy atom. The molecule has 2 rings (SSSR count). The third kappa shape index (κ3) is 2.54. The molecule has 0 aromatic rings. The zero-order valence-corrected chi connectivity index (χ0v) is 11.4. The van der Waals surface area contributed by atoms with E-state index in [4.69, 9.17) is 5.11 Å². The van der Waals surface area contributed by atoms with Crippen LogP contribution in [0.4, 0.5) is 4.79 Å². The van der Waals surface area contributed by atoms with Gasteiger partial charge in [0.1, 0.15) is 6.17 Å². The summed E-state index contributed by atoms with van der Waals surface area (Å²) in [7, 11) is 1.57. The van der Waals surface area contributed by atoms with Gasteiger partial charge in [-0.05, 0) is 6.92 Å². The van der Waals surface area contributed by atoms with Crippen molar-refractivity contribution >= 4 is 17.9 Å². The summed E-state index contributed by atoms with van der Waals surface area (Å²) in [6.45, 7) is 1.86. The molecular formula is C11H19N5O4. The largest absolute Gasteiger partial charge is 0.394 e. The number of nitrogens with zero attached hydrogens (tertiary/aromatic N) is 3. The van der Waals surface area contributed by atoms with Gasteiger partial charge in [0.2, 0.25) is 0 Å². The highest BCUT2D eigenvalue weighted by atomic mass is 16.3. The topological polar surface area (TPSA) is 117 Å². The summed E-state index contributed by atoms with van der Waals surface area (Å²) in [5.74, 6) is -0.0351. The number of hydrogen-bond donors (Lipinski definition) is 4. The molecule has 0 bridgehead atoms. The van der Waals surface area contributed by atoms with Crippen LogP contribution in [-0.2, 0) is 4.79 Å². The van der Waals surface area contributed by atoms with Crippen molar-refractivity contribution in [1.82, 2.24) is 20.4 Å². The zero-order valence-electron chi connectivity index (χ0n) is 11.4. The van der Waals surface area contributed by atoms with E-state index in [0.29, 0.717) is 5.96 Å². The van der Waals surface area contributed by atoms with Gasteiger partial charge in [-0.2, -0.15) is 0 Å². The van der Waals surface area contributed by atoms with E-state index in [2.05, 4.69) is 15.6 Å². The van der Waals surface area contributed by atoms with Gasteiger partial charge >= 0.3 is 6.03 Å². The Bertz CT molecular complexity index is 439. The minimum absolute atomic E-state index is 0.121. The van der Waals surface area contributed by atoms with Crippen molar-refractivity contribution < 1.29 is 19.8 Å². The highest BCUT2D eigenvalue weighted by Crippen LogP contribution is 2.20. The summed E-state index contributed by atoms with van der Waals surface area (Å²) in [6, 6.07) is -1.13. The fourth-order valence-electron chi connectivity index (χ4n) is 2.36. The number of imide groups is 1. The molecule has 0 aromatic heterocycles. The second-order valence-corrected chi connectivity index (χ2v) is 4.87. The second-order valence-electron chi connectivity index (χ2n) is 4.87. The number of carbonyl (C=O) groups excluding carboxylic acids is 2. The van der Waals surface area contributed by atoms with Crippen LogP contribution in [0, 0.1) is 0 Å². The van der Waals surface area contributed by atoms with Crippen molar-refractivity contribution in [3.05, 3.63) is 0 Å². The number of aliphatic imine (C=N–C) groups is 1. The van der Waals surface area contributed by atoms with E-state index in [1.807, 2.05) is 0 Å². The minimum Gasteiger partial charge on any atom is -0.394 e. The molecule has 0 aliphatic carbocycles. The van der Waals surface area contributed by atoms with Gasteiger partial charge in [-0.15, -0.1) is 0 Å². The number of β-amino-alcohol motifs (C(OH)–C–C–N with tert-alkyl or cyclic N) is 1. The average molecular weight is 285 g/mol. The molecule has 9 nitrogen and oxygen atoms in total. The number of guanidine groups is 1. The van der Waals surface area contributed by atoms with E-state index in [1.165, 1.54) is 4.90 Å². The first-order valence-corrected chi connectivity index (χ1v) is 6.40. The molecule has 20 heavy (non-hydrogen) atoms. The number of aliphatic hydroxyl groups excluding tert-OH is 2. The van der Waals surface area contributed by atoms with Crippen molar-refractivity contribution in [2.75, 3.05) is 26.7 Å². The summed E-state index contributed by atoms with van der Waals surface area (Å²) in [5, 5.41) is 23.7. The number of likely N-dealkylation sites (N-methyl/N-ethyl adjacent to an activating group) is 1. The minimum atomic E-state index is -0.661. The van der Waals surface area contributed by atoms with Crippen LogP contribution < -0.4 is 10.6 Å². The summed E-state index contributed by atoms with van der Waals surface area (Å²) in [6.07, 6.45) is -1.20. The lowest BCUT2D eigenvalue weighted by Crippen LogP contribution is -2.65. The third-order valence-electron chi connectivity index (χ3n) is 3.24. The lowest BCUT2D eigenvalue weighted by Gasteiger charge is -2.35. The monoisotopic (exact) mass is 285 g/mol. The maximum absolute atomic E-state index is 12.0. The molecule has 9 heteroatoms. The number of hydrogen-bond acceptors (Lipinski definition) is 5. The molecule has 112 valence electrons. The Balaban J connectivity index is 2.29. The molecule has 0 spiro atoms. The van der Waals surface area contributed by atoms with E-state index in [1.54, 1.807) is 18.9 Å². The fourth-order valence-corrected chi connectivity index (χ4v) is 2.36. The van der Waals surface area contributed by atoms with E-state index in [0.717, 1.165) is 0 Å². The first-order chi connectivity index (χ1) is 9.45. The van der Waals surface area contributed by atoms with Crippen LogP contribution in [0.5, 0.6) is 0 Å². The second kappa shape index (κ2) is 5.63. The van der Waals surface area contributed by atoms with Gasteiger partial charge in [-0.3, -0.25) is 15.1 Å². The Morgan fingerprint density at radius 2 is 2.15 bits per heavy atom. The van der Waals surface area contributed by atoms with Crippen LogP contribution in [-0.4, -0.2) is 83.0 Å². The highest BCUT2D eigenvalue weighted by molar-refractivity contribution is 6.04. The Kier molecular flexibility index (Phi) is 4.09. The summed E-state index contributed by atoms with van der Waals surface area (Å²) in [5.41, 5.74) is 0. The predicted octanol–water partition coefficient (Wildman–Crippen LogP) is -2.50. The molecular weight excluding hydrogens is 266 g/mol. The SMILES string of the molecule is CC(O)CN1C(=NCCO)NC2C1C(=O)NC(=O)N2C. The first-order valence-electron chi connectivity index (χ1n) is 6.40. The lowest BCUT2D eigenvalue weighted by atomic mass is 10.1. The van der Waals surface area contributed by atoms with Crippen LogP contribution in [0.25, 0.3) is 0 Å². The molecule has 2 saturated heterocycles. The van der Waals surface area contributed by atoms with Gasteiger partial charge in [0.05, 0.1) is 19.3 Å². The maximum atomic E-state index is 12.0. The molecule has 2 fully saturated rings. The van der Waals surface area contributed by atoms with E-state index < -0.39 is 30.2 Å². The molecule has 0 radical (unpaired) electrons. The molecule has 2 aliphatic rings. The van der Waals surface area contributed by atoms with Gasteiger partial charge in [0.15, 0.2) is 12.0 Å². The number of carbonyl (C=O) groups is 2. The van der Waals surface area contributed by atoms with E-state index in [-0.39, 0.29) is 19.7 Å².